The van der Waals surface area contributed by atoms with Gasteiger partial charge in [0.25, 0.3) is 0 Å². The van der Waals surface area contributed by atoms with Gasteiger partial charge in [0.1, 0.15) is 7.05 Å². The zero-order valence-electron chi connectivity index (χ0n) is 15.1. The number of hydroxylamine groups is 3. The molecule has 0 saturated carbocycles. The first kappa shape index (κ1) is 20.3. The summed E-state index contributed by atoms with van der Waals surface area (Å²) < 4.78 is 23.2. The topological polar surface area (TPSA) is 55.4 Å². The van der Waals surface area contributed by atoms with Gasteiger partial charge in [-0.15, -0.1) is 4.65 Å². The molecule has 0 aromatic heterocycles. The molecule has 0 N–H and O–H groups in total. The van der Waals surface area contributed by atoms with Crippen molar-refractivity contribution in [2.75, 3.05) is 20.3 Å². The van der Waals surface area contributed by atoms with Gasteiger partial charge in [-0.2, -0.15) is 0 Å². The van der Waals surface area contributed by atoms with Crippen LogP contribution in [0.2, 0.25) is 0 Å². The molecule has 0 saturated heterocycles. The van der Waals surface area contributed by atoms with Crippen LogP contribution in [0.15, 0.2) is 30.3 Å². The molecule has 1 aromatic rings. The van der Waals surface area contributed by atoms with Crippen LogP contribution in [0.25, 0.3) is 0 Å². The molecular formula is C17H30NO4P+. The lowest BCUT2D eigenvalue weighted by molar-refractivity contribution is -1.15. The van der Waals surface area contributed by atoms with Gasteiger partial charge < -0.3 is 9.05 Å². The highest BCUT2D eigenvalue weighted by molar-refractivity contribution is 7.54. The smallest absolute Gasteiger partial charge is 0.305 e. The highest BCUT2D eigenvalue weighted by atomic mass is 31.2. The largest absolute Gasteiger partial charge is 0.390 e. The summed E-state index contributed by atoms with van der Waals surface area (Å²) in [6.07, 6.45) is 0. The zero-order chi connectivity index (χ0) is 17.7. The van der Waals surface area contributed by atoms with Gasteiger partial charge in [-0.1, -0.05) is 44.2 Å². The molecule has 0 heterocycles. The standard InChI is InChI=1S/C17H30NO4P/c1-7-21-23(20,22-8-2)15(5)18(6,19)17(14(3)4)16-12-10-9-11-13-16/h9-15,17H,7-8H2,1-6H3/q+1. The third-order valence-electron chi connectivity index (χ3n) is 4.14. The Labute approximate surface area is 140 Å². The molecule has 0 fully saturated rings. The average Bonchev–Trinajstić information content (AvgIpc) is 2.47. The Balaban J connectivity index is 3.25. The molecule has 1 rings (SSSR count). The SMILES string of the molecule is CCOP(=O)(OCC)C(C)[N+](C)([O])C(c1ccccc1)C(C)C. The first-order chi connectivity index (χ1) is 10.7. The molecular weight excluding hydrogens is 313 g/mol. The van der Waals surface area contributed by atoms with Crippen LogP contribution < -0.4 is 0 Å². The third-order valence-corrected chi connectivity index (χ3v) is 6.75. The van der Waals surface area contributed by atoms with Crippen LogP contribution in [0.3, 0.4) is 0 Å². The lowest BCUT2D eigenvalue weighted by Crippen LogP contribution is -2.51. The minimum absolute atomic E-state index is 0.0825. The maximum absolute atomic E-state index is 13.5. The van der Waals surface area contributed by atoms with E-state index in [4.69, 9.17) is 9.05 Å². The second-order valence-electron chi connectivity index (χ2n) is 6.17. The van der Waals surface area contributed by atoms with Gasteiger partial charge in [-0.3, -0.25) is 4.57 Å². The maximum Gasteiger partial charge on any atom is 0.390 e. The van der Waals surface area contributed by atoms with Crippen molar-refractivity contribution in [3.8, 4) is 0 Å². The fraction of sp³-hybridized carbons (Fsp3) is 0.647. The van der Waals surface area contributed by atoms with Crippen molar-refractivity contribution in [1.82, 2.24) is 0 Å². The number of hydrogen-bond acceptors (Lipinski definition) is 3. The number of hydrogen-bond donors (Lipinski definition) is 0. The van der Waals surface area contributed by atoms with E-state index in [0.717, 1.165) is 5.56 Å². The van der Waals surface area contributed by atoms with Gasteiger partial charge in [-0.05, 0) is 13.8 Å². The first-order valence-electron chi connectivity index (χ1n) is 8.21. The molecule has 0 aliphatic heterocycles. The van der Waals surface area contributed by atoms with E-state index in [1.54, 1.807) is 27.8 Å². The fourth-order valence-electron chi connectivity index (χ4n) is 3.05. The summed E-state index contributed by atoms with van der Waals surface area (Å²) >= 11 is 0. The van der Waals surface area contributed by atoms with Gasteiger partial charge in [0.15, 0.2) is 6.04 Å². The molecule has 3 atom stereocenters. The van der Waals surface area contributed by atoms with Gasteiger partial charge in [0, 0.05) is 23.6 Å². The fourth-order valence-corrected chi connectivity index (χ4v) is 4.98. The Morgan fingerprint density at radius 1 is 1.04 bits per heavy atom. The Kier molecular flexibility index (Phi) is 7.43. The van der Waals surface area contributed by atoms with Crippen molar-refractivity contribution < 1.29 is 23.5 Å². The van der Waals surface area contributed by atoms with Crippen molar-refractivity contribution in [3.05, 3.63) is 35.9 Å². The van der Waals surface area contributed by atoms with Crippen LogP contribution in [0, 0.1) is 5.92 Å². The summed E-state index contributed by atoms with van der Waals surface area (Å²) in [6, 6.07) is 9.29. The summed E-state index contributed by atoms with van der Waals surface area (Å²) in [4.78, 5) is 0. The predicted octanol–water partition coefficient (Wildman–Crippen LogP) is 4.79. The Bertz CT molecular complexity index is 509. The quantitative estimate of drug-likeness (QED) is 0.368. The van der Waals surface area contributed by atoms with Crippen molar-refractivity contribution in [1.29, 1.82) is 0 Å². The molecule has 5 nitrogen and oxygen atoms in total. The second kappa shape index (κ2) is 8.41. The Hall–Kier alpha value is -0.710. The second-order valence-corrected chi connectivity index (χ2v) is 8.51. The lowest BCUT2D eigenvalue weighted by Gasteiger charge is -2.39. The monoisotopic (exact) mass is 343 g/mol. The average molecular weight is 343 g/mol. The molecule has 0 bridgehead atoms. The molecule has 0 aliphatic rings. The lowest BCUT2D eigenvalue weighted by atomic mass is 9.94. The number of benzene rings is 1. The normalized spacial score (nSPS) is 17.7. The van der Waals surface area contributed by atoms with Crippen LogP contribution >= 0.6 is 7.60 Å². The Morgan fingerprint density at radius 3 is 1.91 bits per heavy atom. The summed E-state index contributed by atoms with van der Waals surface area (Å²) in [5, 5.41) is 13.5. The van der Waals surface area contributed by atoms with E-state index in [-0.39, 0.29) is 25.2 Å². The number of rotatable bonds is 9. The molecule has 6 heteroatoms. The van der Waals surface area contributed by atoms with Crippen molar-refractivity contribution >= 4 is 7.60 Å². The van der Waals surface area contributed by atoms with Crippen LogP contribution in [-0.4, -0.2) is 30.7 Å². The van der Waals surface area contributed by atoms with Gasteiger partial charge >= 0.3 is 7.60 Å². The van der Waals surface area contributed by atoms with E-state index in [0.29, 0.717) is 0 Å². The van der Waals surface area contributed by atoms with E-state index >= 15 is 0 Å². The van der Waals surface area contributed by atoms with Gasteiger partial charge in [-0.25, -0.2) is 0 Å². The van der Waals surface area contributed by atoms with E-state index in [9.17, 15) is 9.77 Å². The number of quaternary nitrogens is 1. The zero-order valence-corrected chi connectivity index (χ0v) is 16.0. The van der Waals surface area contributed by atoms with Crippen molar-refractivity contribution in [3.63, 3.8) is 0 Å². The summed E-state index contributed by atoms with van der Waals surface area (Å²) in [6.45, 7) is 9.68. The van der Waals surface area contributed by atoms with E-state index in [1.165, 1.54) is 0 Å². The van der Waals surface area contributed by atoms with Crippen molar-refractivity contribution in [2.45, 2.75) is 46.4 Å². The molecule has 3 unspecified atom stereocenters. The maximum atomic E-state index is 13.5. The van der Waals surface area contributed by atoms with Crippen molar-refractivity contribution in [2.24, 2.45) is 5.92 Å². The molecule has 0 amide bonds. The minimum atomic E-state index is -3.49. The highest BCUT2D eigenvalue weighted by Gasteiger charge is 2.52. The Morgan fingerprint density at radius 2 is 1.52 bits per heavy atom. The molecule has 23 heavy (non-hydrogen) atoms. The number of nitrogens with zero attached hydrogens (tertiary/aromatic N) is 1. The first-order valence-corrected chi connectivity index (χ1v) is 9.82. The molecule has 0 spiro atoms. The van der Waals surface area contributed by atoms with Crippen LogP contribution in [-0.2, 0) is 18.8 Å². The van der Waals surface area contributed by atoms with Crippen LogP contribution in [0.1, 0.15) is 46.2 Å². The van der Waals surface area contributed by atoms with Crippen LogP contribution in [0.4, 0.5) is 0 Å². The summed E-state index contributed by atoms with van der Waals surface area (Å²) in [5.74, 6) is -0.728. The summed E-state index contributed by atoms with van der Waals surface area (Å²) in [5.41, 5.74) is 0.936. The molecule has 131 valence electrons. The highest BCUT2D eigenvalue weighted by Crippen LogP contribution is 2.57. The summed E-state index contributed by atoms with van der Waals surface area (Å²) in [7, 11) is -1.92. The van der Waals surface area contributed by atoms with E-state index in [1.807, 2.05) is 44.2 Å². The van der Waals surface area contributed by atoms with Gasteiger partial charge in [0.05, 0.1) is 13.2 Å². The predicted molar refractivity (Wildman–Crippen MR) is 91.2 cm³/mol. The minimum Gasteiger partial charge on any atom is -0.305 e. The third kappa shape index (κ3) is 4.65. The molecule has 0 aliphatic carbocycles. The van der Waals surface area contributed by atoms with Crippen LogP contribution in [0.5, 0.6) is 0 Å². The molecule has 1 radical (unpaired) electrons. The van der Waals surface area contributed by atoms with E-state index in [2.05, 4.69) is 0 Å². The molecule has 1 aromatic carbocycles. The van der Waals surface area contributed by atoms with Gasteiger partial charge in [0.2, 0.25) is 5.78 Å². The van der Waals surface area contributed by atoms with E-state index < -0.39 is 18.0 Å².